The molecular weight excluding hydrogens is 202 g/mol. The van der Waals surface area contributed by atoms with Crippen LogP contribution in [0, 0.1) is 5.92 Å². The molecule has 1 aliphatic rings. The van der Waals surface area contributed by atoms with Crippen LogP contribution in [0.2, 0.25) is 0 Å². The highest BCUT2D eigenvalue weighted by Crippen LogP contribution is 2.20. The Labute approximate surface area is 90.1 Å². The first-order valence-corrected chi connectivity index (χ1v) is 5.56. The second kappa shape index (κ2) is 4.99. The number of alkyl halides is 1. The lowest BCUT2D eigenvalue weighted by Crippen LogP contribution is -2.51. The Hall–Kier alpha value is -0.280. The minimum absolute atomic E-state index is 0.0457. The summed E-state index contributed by atoms with van der Waals surface area (Å²) in [4.78, 5) is 11.6. The third-order valence-electron chi connectivity index (χ3n) is 2.70. The van der Waals surface area contributed by atoms with Gasteiger partial charge >= 0.3 is 0 Å². The van der Waals surface area contributed by atoms with Crippen LogP contribution < -0.4 is 5.32 Å². The van der Waals surface area contributed by atoms with E-state index in [4.69, 9.17) is 16.3 Å². The molecule has 0 bridgehead atoms. The number of ether oxygens (including phenoxy) is 1. The molecule has 3 nitrogen and oxygen atoms in total. The third kappa shape index (κ3) is 3.14. The van der Waals surface area contributed by atoms with Crippen LogP contribution in [0.25, 0.3) is 0 Å². The number of hydrogen-bond donors (Lipinski definition) is 1. The van der Waals surface area contributed by atoms with Gasteiger partial charge in [0.15, 0.2) is 0 Å². The number of halogens is 1. The first kappa shape index (κ1) is 11.8. The van der Waals surface area contributed by atoms with E-state index in [2.05, 4.69) is 12.2 Å². The van der Waals surface area contributed by atoms with Crippen molar-refractivity contribution in [2.45, 2.75) is 32.2 Å². The van der Waals surface area contributed by atoms with Crippen LogP contribution in [0.4, 0.5) is 0 Å². The number of amides is 1. The molecule has 4 heteroatoms. The quantitative estimate of drug-likeness (QED) is 0.732. The van der Waals surface area contributed by atoms with Crippen molar-refractivity contribution >= 4 is 17.5 Å². The summed E-state index contributed by atoms with van der Waals surface area (Å²) in [7, 11) is 0. The zero-order valence-corrected chi connectivity index (χ0v) is 9.56. The minimum Gasteiger partial charge on any atom is -0.381 e. The largest absolute Gasteiger partial charge is 0.381 e. The van der Waals surface area contributed by atoms with Gasteiger partial charge in [-0.3, -0.25) is 4.79 Å². The van der Waals surface area contributed by atoms with Crippen LogP contribution in [0.1, 0.15) is 26.7 Å². The van der Waals surface area contributed by atoms with Gasteiger partial charge in [-0.25, -0.2) is 0 Å². The topological polar surface area (TPSA) is 38.3 Å². The summed E-state index contributed by atoms with van der Waals surface area (Å²) in [5.41, 5.74) is -0.102. The molecule has 82 valence electrons. The number of hydrogen-bond acceptors (Lipinski definition) is 2. The summed E-state index contributed by atoms with van der Waals surface area (Å²) in [5, 5.41) is 3.04. The molecule has 0 spiro atoms. The fraction of sp³-hybridized carbons (Fsp3) is 0.900. The lowest BCUT2D eigenvalue weighted by atomic mass is 9.92. The van der Waals surface area contributed by atoms with Crippen LogP contribution in [0.3, 0.4) is 0 Å². The van der Waals surface area contributed by atoms with E-state index in [1.807, 2.05) is 6.92 Å². The molecule has 1 unspecified atom stereocenters. The Morgan fingerprint density at radius 2 is 2.14 bits per heavy atom. The highest BCUT2D eigenvalue weighted by molar-refractivity contribution is 6.19. The first-order valence-electron chi connectivity index (χ1n) is 5.03. The van der Waals surface area contributed by atoms with Gasteiger partial charge in [-0.15, -0.1) is 11.6 Å². The molecule has 0 aromatic rings. The van der Waals surface area contributed by atoms with Gasteiger partial charge in [-0.2, -0.15) is 0 Å². The first-order chi connectivity index (χ1) is 6.57. The van der Waals surface area contributed by atoms with E-state index in [-0.39, 0.29) is 17.4 Å². The average Bonchev–Trinajstić information content (AvgIpc) is 2.17. The van der Waals surface area contributed by atoms with E-state index in [1.54, 1.807) is 0 Å². The Balaban J connectivity index is 2.44. The Bertz CT molecular complexity index is 202. The number of nitrogens with one attached hydrogen (secondary N) is 1. The Morgan fingerprint density at radius 3 is 2.64 bits per heavy atom. The van der Waals surface area contributed by atoms with Crippen molar-refractivity contribution in [3.05, 3.63) is 0 Å². The van der Waals surface area contributed by atoms with Crippen LogP contribution in [-0.2, 0) is 9.53 Å². The molecule has 0 aromatic carbocycles. The van der Waals surface area contributed by atoms with Crippen molar-refractivity contribution in [3.8, 4) is 0 Å². The predicted molar refractivity (Wildman–Crippen MR) is 56.5 cm³/mol. The van der Waals surface area contributed by atoms with E-state index in [1.165, 1.54) is 0 Å². The van der Waals surface area contributed by atoms with Crippen molar-refractivity contribution < 1.29 is 9.53 Å². The maximum Gasteiger partial charge on any atom is 0.224 e. The summed E-state index contributed by atoms with van der Waals surface area (Å²) in [5.74, 6) is 0.305. The van der Waals surface area contributed by atoms with Gasteiger partial charge < -0.3 is 10.1 Å². The predicted octanol–water partition coefficient (Wildman–Crippen LogP) is 1.55. The molecule has 1 saturated heterocycles. The van der Waals surface area contributed by atoms with Crippen LogP contribution >= 0.6 is 11.6 Å². The molecule has 0 aliphatic carbocycles. The molecule has 1 N–H and O–H groups in total. The molecule has 0 aromatic heterocycles. The molecule has 1 fully saturated rings. The fourth-order valence-electron chi connectivity index (χ4n) is 1.44. The highest BCUT2D eigenvalue weighted by Gasteiger charge is 2.30. The van der Waals surface area contributed by atoms with Gasteiger partial charge in [0.1, 0.15) is 0 Å². The van der Waals surface area contributed by atoms with Crippen molar-refractivity contribution in [3.63, 3.8) is 0 Å². The molecule has 1 amide bonds. The molecule has 1 heterocycles. The maximum absolute atomic E-state index is 11.6. The van der Waals surface area contributed by atoms with Crippen molar-refractivity contribution in [1.29, 1.82) is 0 Å². The number of rotatable bonds is 3. The average molecular weight is 220 g/mol. The van der Waals surface area contributed by atoms with Gasteiger partial charge in [0.25, 0.3) is 0 Å². The van der Waals surface area contributed by atoms with Crippen LogP contribution in [0.5, 0.6) is 0 Å². The zero-order valence-electron chi connectivity index (χ0n) is 8.81. The maximum atomic E-state index is 11.6. The summed E-state index contributed by atoms with van der Waals surface area (Å²) < 4.78 is 5.26. The van der Waals surface area contributed by atoms with Gasteiger partial charge in [-0.1, -0.05) is 6.92 Å². The molecule has 0 radical (unpaired) electrons. The summed E-state index contributed by atoms with van der Waals surface area (Å²) in [6.45, 7) is 5.36. The zero-order chi connectivity index (χ0) is 10.6. The molecular formula is C10H18ClNO2. The summed E-state index contributed by atoms with van der Waals surface area (Å²) in [6, 6.07) is 0. The van der Waals surface area contributed by atoms with E-state index < -0.39 is 0 Å². The third-order valence-corrected chi connectivity index (χ3v) is 3.16. The monoisotopic (exact) mass is 219 g/mol. The molecule has 1 rings (SSSR count). The van der Waals surface area contributed by atoms with E-state index in [0.717, 1.165) is 26.1 Å². The van der Waals surface area contributed by atoms with Crippen LogP contribution in [-0.4, -0.2) is 30.5 Å². The molecule has 0 saturated carbocycles. The normalized spacial score (nSPS) is 22.8. The highest BCUT2D eigenvalue weighted by atomic mass is 35.5. The summed E-state index contributed by atoms with van der Waals surface area (Å²) >= 11 is 5.62. The van der Waals surface area contributed by atoms with Crippen molar-refractivity contribution in [1.82, 2.24) is 5.32 Å². The van der Waals surface area contributed by atoms with E-state index in [9.17, 15) is 4.79 Å². The lowest BCUT2D eigenvalue weighted by molar-refractivity contribution is -0.126. The van der Waals surface area contributed by atoms with Gasteiger partial charge in [0.2, 0.25) is 5.91 Å². The van der Waals surface area contributed by atoms with Gasteiger partial charge in [0, 0.05) is 30.6 Å². The van der Waals surface area contributed by atoms with Gasteiger partial charge in [-0.05, 0) is 19.8 Å². The second-order valence-corrected chi connectivity index (χ2v) is 4.53. The second-order valence-electron chi connectivity index (χ2n) is 4.22. The van der Waals surface area contributed by atoms with Gasteiger partial charge in [0.05, 0.1) is 0 Å². The Morgan fingerprint density at radius 1 is 1.57 bits per heavy atom. The fourth-order valence-corrected chi connectivity index (χ4v) is 1.58. The van der Waals surface area contributed by atoms with Crippen LogP contribution in [0.15, 0.2) is 0 Å². The van der Waals surface area contributed by atoms with E-state index >= 15 is 0 Å². The number of carbonyl (C=O) groups is 1. The lowest BCUT2D eigenvalue weighted by Gasteiger charge is -2.35. The summed E-state index contributed by atoms with van der Waals surface area (Å²) in [6.07, 6.45) is 1.77. The molecule has 1 atom stereocenters. The SMILES string of the molecule is CC(CCl)C(=O)NC1(C)CCOCC1. The smallest absolute Gasteiger partial charge is 0.224 e. The van der Waals surface area contributed by atoms with Crippen molar-refractivity contribution in [2.75, 3.05) is 19.1 Å². The van der Waals surface area contributed by atoms with E-state index in [0.29, 0.717) is 5.88 Å². The number of carbonyl (C=O) groups excluding carboxylic acids is 1. The van der Waals surface area contributed by atoms with Crippen molar-refractivity contribution in [2.24, 2.45) is 5.92 Å². The molecule has 14 heavy (non-hydrogen) atoms. The molecule has 1 aliphatic heterocycles. The Kier molecular flexibility index (Phi) is 4.20. The minimum atomic E-state index is -0.115. The standard InChI is InChI=1S/C10H18ClNO2/c1-8(7-11)9(13)12-10(2)3-5-14-6-4-10/h8H,3-7H2,1-2H3,(H,12,13).